The molecule has 2 aromatic rings. The molecule has 2 heterocycles. The lowest BCUT2D eigenvalue weighted by Gasteiger charge is -2.10. The van der Waals surface area contributed by atoms with E-state index in [9.17, 15) is 4.79 Å². The molecule has 1 N–H and O–H groups in total. The predicted octanol–water partition coefficient (Wildman–Crippen LogP) is 3.21. The van der Waals surface area contributed by atoms with Crippen molar-refractivity contribution in [2.45, 2.75) is 6.54 Å². The van der Waals surface area contributed by atoms with E-state index in [1.54, 1.807) is 18.6 Å². The minimum Gasteiger partial charge on any atom is -0.491 e. The molecule has 1 aliphatic rings. The molecule has 0 spiro atoms. The van der Waals surface area contributed by atoms with E-state index in [0.717, 1.165) is 10.0 Å². The number of halogens is 1. The lowest BCUT2D eigenvalue weighted by atomic mass is 10.2. The van der Waals surface area contributed by atoms with Crippen LogP contribution in [0, 0.1) is 0 Å². The summed E-state index contributed by atoms with van der Waals surface area (Å²) in [5, 5.41) is 2.61. The number of amides is 1. The second-order valence-electron chi connectivity index (χ2n) is 4.68. The first-order valence-corrected chi connectivity index (χ1v) is 8.76. The Morgan fingerprint density at radius 1 is 1.48 bits per heavy atom. The molecule has 0 aliphatic carbocycles. The van der Waals surface area contributed by atoms with Gasteiger partial charge >= 0.3 is 0 Å². The normalized spacial score (nSPS) is 16.0. The van der Waals surface area contributed by atoms with Gasteiger partial charge in [0.05, 0.1) is 17.8 Å². The first kappa shape index (κ1) is 16.2. The van der Waals surface area contributed by atoms with Crippen LogP contribution in [0.4, 0.5) is 0 Å². The molecule has 1 fully saturated rings. The highest BCUT2D eigenvalue weighted by atomic mass is 79.9. The van der Waals surface area contributed by atoms with E-state index in [1.165, 1.54) is 11.8 Å². The molecule has 0 atom stereocenters. The number of hydrogen-bond acceptors (Lipinski definition) is 5. The average molecular weight is 410 g/mol. The Morgan fingerprint density at radius 3 is 3.04 bits per heavy atom. The number of aromatic nitrogens is 2. The van der Waals surface area contributed by atoms with Gasteiger partial charge in [0.1, 0.15) is 16.7 Å². The van der Waals surface area contributed by atoms with E-state index in [-0.39, 0.29) is 5.91 Å². The second kappa shape index (κ2) is 7.29. The van der Waals surface area contributed by atoms with Crippen LogP contribution in [0.2, 0.25) is 0 Å². The smallest absolute Gasteiger partial charge is 0.263 e. The monoisotopic (exact) mass is 409 g/mol. The van der Waals surface area contributed by atoms with Gasteiger partial charge < -0.3 is 14.6 Å². The van der Waals surface area contributed by atoms with Gasteiger partial charge in [0, 0.05) is 22.4 Å². The maximum Gasteiger partial charge on any atom is 0.263 e. The third-order valence-corrected chi connectivity index (χ3v) is 4.72. The summed E-state index contributed by atoms with van der Waals surface area (Å²) in [5.41, 5.74) is 0.826. The molecule has 118 valence electrons. The highest BCUT2D eigenvalue weighted by Crippen LogP contribution is 2.31. The molecular formula is C15H12BrN3O2S2. The summed E-state index contributed by atoms with van der Waals surface area (Å²) in [5.74, 6) is 0.538. The fraction of sp³-hybridized carbons (Fsp3) is 0.133. The fourth-order valence-corrected chi connectivity index (χ4v) is 3.42. The number of ether oxygens (including phenoxy) is 1. The third kappa shape index (κ3) is 4.21. The van der Waals surface area contributed by atoms with Crippen LogP contribution in [0.3, 0.4) is 0 Å². The van der Waals surface area contributed by atoms with Crippen LogP contribution in [0.15, 0.2) is 46.3 Å². The number of hydrogen-bond donors (Lipinski definition) is 1. The Morgan fingerprint density at radius 2 is 2.35 bits per heavy atom. The first-order valence-electron chi connectivity index (χ1n) is 6.75. The van der Waals surface area contributed by atoms with Crippen LogP contribution >= 0.6 is 39.9 Å². The van der Waals surface area contributed by atoms with Gasteiger partial charge in [-0.25, -0.2) is 4.98 Å². The number of imidazole rings is 1. The van der Waals surface area contributed by atoms with E-state index in [4.69, 9.17) is 17.0 Å². The van der Waals surface area contributed by atoms with Crippen LogP contribution in [0.5, 0.6) is 5.75 Å². The maximum atomic E-state index is 11.8. The van der Waals surface area contributed by atoms with Gasteiger partial charge in [-0.3, -0.25) is 4.79 Å². The summed E-state index contributed by atoms with van der Waals surface area (Å²) in [6, 6.07) is 5.69. The van der Waals surface area contributed by atoms with Gasteiger partial charge in [0.15, 0.2) is 0 Å². The average Bonchev–Trinajstić information content (AvgIpc) is 3.12. The molecule has 0 saturated carbocycles. The molecule has 1 aromatic carbocycles. The van der Waals surface area contributed by atoms with Crippen molar-refractivity contribution in [2.24, 2.45) is 0 Å². The third-order valence-electron chi connectivity index (χ3n) is 3.07. The number of nitrogens with one attached hydrogen (secondary N) is 1. The van der Waals surface area contributed by atoms with Crippen molar-refractivity contribution in [3.63, 3.8) is 0 Å². The van der Waals surface area contributed by atoms with Crippen molar-refractivity contribution in [3.8, 4) is 5.75 Å². The molecule has 0 bridgehead atoms. The van der Waals surface area contributed by atoms with Crippen LogP contribution < -0.4 is 10.1 Å². The highest BCUT2D eigenvalue weighted by Gasteiger charge is 2.22. The zero-order chi connectivity index (χ0) is 16.2. The summed E-state index contributed by atoms with van der Waals surface area (Å²) in [4.78, 5) is 16.4. The van der Waals surface area contributed by atoms with Gasteiger partial charge in [0.25, 0.3) is 5.91 Å². The van der Waals surface area contributed by atoms with Crippen molar-refractivity contribution in [2.75, 3.05) is 6.61 Å². The fourth-order valence-electron chi connectivity index (χ4n) is 2.01. The summed E-state index contributed by atoms with van der Waals surface area (Å²) in [7, 11) is 0. The summed E-state index contributed by atoms with van der Waals surface area (Å²) in [6.07, 6.45) is 7.15. The number of thiocarbonyl (C=S) groups is 1. The van der Waals surface area contributed by atoms with E-state index in [1.807, 2.05) is 29.0 Å². The molecule has 8 heteroatoms. The van der Waals surface area contributed by atoms with Crippen molar-refractivity contribution >= 4 is 56.2 Å². The van der Waals surface area contributed by atoms with Crippen molar-refractivity contribution in [3.05, 3.63) is 51.9 Å². The molecule has 3 rings (SSSR count). The Bertz CT molecular complexity index is 775. The number of rotatable bonds is 5. The molecule has 1 aromatic heterocycles. The predicted molar refractivity (Wildman–Crippen MR) is 98.2 cm³/mol. The largest absolute Gasteiger partial charge is 0.491 e. The van der Waals surface area contributed by atoms with Gasteiger partial charge in [-0.2, -0.15) is 0 Å². The molecule has 1 aliphatic heterocycles. The van der Waals surface area contributed by atoms with Crippen LogP contribution in [0.25, 0.3) is 6.08 Å². The molecular weight excluding hydrogens is 398 g/mol. The number of benzene rings is 1. The summed E-state index contributed by atoms with van der Waals surface area (Å²) in [6.45, 7) is 1.21. The molecule has 0 unspecified atom stereocenters. The maximum absolute atomic E-state index is 11.8. The lowest BCUT2D eigenvalue weighted by Crippen LogP contribution is -2.17. The Labute approximate surface area is 151 Å². The van der Waals surface area contributed by atoms with Gasteiger partial charge in [-0.15, -0.1) is 0 Å². The van der Waals surface area contributed by atoms with E-state index in [0.29, 0.717) is 28.1 Å². The van der Waals surface area contributed by atoms with E-state index < -0.39 is 0 Å². The van der Waals surface area contributed by atoms with E-state index in [2.05, 4.69) is 26.2 Å². The summed E-state index contributed by atoms with van der Waals surface area (Å²) >= 11 is 9.70. The summed E-state index contributed by atoms with van der Waals surface area (Å²) < 4.78 is 9.18. The van der Waals surface area contributed by atoms with Crippen molar-refractivity contribution in [1.82, 2.24) is 14.9 Å². The van der Waals surface area contributed by atoms with Crippen LogP contribution in [0.1, 0.15) is 5.56 Å². The molecule has 1 amide bonds. The number of carbonyl (C=O) groups excluding carboxylic acids is 1. The van der Waals surface area contributed by atoms with Crippen molar-refractivity contribution in [1.29, 1.82) is 0 Å². The molecule has 5 nitrogen and oxygen atoms in total. The second-order valence-corrected chi connectivity index (χ2v) is 7.32. The standard InChI is InChI=1S/C15H12BrN3O2S2/c16-11-1-2-12(21-6-5-19-4-3-17-9-19)10(7-11)8-13-14(20)18-15(22)23-13/h1-4,7-9H,5-6H2,(H,18,20,22)/b13-8-. The zero-order valence-electron chi connectivity index (χ0n) is 11.9. The van der Waals surface area contributed by atoms with Gasteiger partial charge in [0.2, 0.25) is 0 Å². The molecule has 23 heavy (non-hydrogen) atoms. The Balaban J connectivity index is 1.76. The number of nitrogens with zero attached hydrogens (tertiary/aromatic N) is 2. The highest BCUT2D eigenvalue weighted by molar-refractivity contribution is 9.10. The molecule has 1 saturated heterocycles. The van der Waals surface area contributed by atoms with Crippen molar-refractivity contribution < 1.29 is 9.53 Å². The minimum absolute atomic E-state index is 0.177. The SMILES string of the molecule is O=C1NC(=S)S/C1=C\c1cc(Br)ccc1OCCn1ccnc1. The minimum atomic E-state index is -0.177. The zero-order valence-corrected chi connectivity index (χ0v) is 15.1. The number of carbonyl (C=O) groups is 1. The van der Waals surface area contributed by atoms with Crippen LogP contribution in [-0.4, -0.2) is 26.4 Å². The first-order chi connectivity index (χ1) is 11.1. The van der Waals surface area contributed by atoms with Gasteiger partial charge in [-0.1, -0.05) is 39.9 Å². The number of thioether (sulfide) groups is 1. The Hall–Kier alpha value is -1.64. The van der Waals surface area contributed by atoms with Crippen LogP contribution in [-0.2, 0) is 11.3 Å². The quantitative estimate of drug-likeness (QED) is 0.606. The Kier molecular flexibility index (Phi) is 5.14. The van der Waals surface area contributed by atoms with E-state index >= 15 is 0 Å². The molecule has 0 radical (unpaired) electrons. The van der Waals surface area contributed by atoms with Gasteiger partial charge in [-0.05, 0) is 24.3 Å². The lowest BCUT2D eigenvalue weighted by molar-refractivity contribution is -0.115. The topological polar surface area (TPSA) is 56.1 Å².